The molecule has 2 aliphatic carbocycles. The third kappa shape index (κ3) is 3.22. The van der Waals surface area contributed by atoms with E-state index in [9.17, 15) is 9.90 Å². The van der Waals surface area contributed by atoms with Crippen LogP contribution in [-0.4, -0.2) is 21.8 Å². The van der Waals surface area contributed by atoms with Crippen LogP contribution in [0.2, 0.25) is 0 Å². The molecule has 2 rings (SSSR count). The number of carboxylic acids is 1. The Morgan fingerprint density at radius 2 is 1.87 bits per heavy atom. The van der Waals surface area contributed by atoms with Crippen molar-refractivity contribution in [2.75, 3.05) is 0 Å². The van der Waals surface area contributed by atoms with Gasteiger partial charge in [0, 0.05) is 6.08 Å². The first kappa shape index (κ1) is 18.5. The van der Waals surface area contributed by atoms with E-state index >= 15 is 0 Å². The van der Waals surface area contributed by atoms with E-state index in [4.69, 9.17) is 5.11 Å². The van der Waals surface area contributed by atoms with Crippen molar-refractivity contribution in [3.05, 3.63) is 11.6 Å². The molecule has 132 valence electrons. The maximum absolute atomic E-state index is 11.1. The summed E-state index contributed by atoms with van der Waals surface area (Å²) in [5.41, 5.74) is 0.520. The van der Waals surface area contributed by atoms with Crippen LogP contribution in [0.15, 0.2) is 11.6 Å². The van der Waals surface area contributed by atoms with Crippen LogP contribution in [0.1, 0.15) is 79.6 Å². The summed E-state index contributed by atoms with van der Waals surface area (Å²) in [6.45, 7) is 11.0. The zero-order valence-electron chi connectivity index (χ0n) is 15.5. The second kappa shape index (κ2) is 6.23. The largest absolute Gasteiger partial charge is 0.478 e. The Labute approximate surface area is 141 Å². The number of rotatable bonds is 4. The molecule has 0 saturated heterocycles. The molecule has 3 nitrogen and oxygen atoms in total. The molecule has 0 spiro atoms. The van der Waals surface area contributed by atoms with E-state index in [0.29, 0.717) is 11.8 Å². The fourth-order valence-corrected chi connectivity index (χ4v) is 5.49. The molecule has 5 atom stereocenters. The smallest absolute Gasteiger partial charge is 0.328 e. The lowest BCUT2D eigenvalue weighted by Crippen LogP contribution is -2.60. The molecule has 23 heavy (non-hydrogen) atoms. The van der Waals surface area contributed by atoms with Gasteiger partial charge in [-0.15, -0.1) is 0 Å². The van der Waals surface area contributed by atoms with E-state index in [0.717, 1.165) is 44.1 Å². The summed E-state index contributed by atoms with van der Waals surface area (Å²) in [5.74, 6) is 0.280. The maximum Gasteiger partial charge on any atom is 0.328 e. The number of hydrogen-bond acceptors (Lipinski definition) is 2. The van der Waals surface area contributed by atoms with Crippen LogP contribution in [0.5, 0.6) is 0 Å². The number of aliphatic carboxylic acids is 1. The second-order valence-corrected chi connectivity index (χ2v) is 8.91. The van der Waals surface area contributed by atoms with Gasteiger partial charge >= 0.3 is 5.97 Å². The third-order valence-electron chi connectivity index (χ3n) is 7.60. The van der Waals surface area contributed by atoms with Crippen molar-refractivity contribution in [2.24, 2.45) is 22.7 Å². The molecule has 0 heterocycles. The highest BCUT2D eigenvalue weighted by molar-refractivity contribution is 5.80. The van der Waals surface area contributed by atoms with Gasteiger partial charge in [-0.05, 0) is 75.0 Å². The van der Waals surface area contributed by atoms with Gasteiger partial charge in [-0.25, -0.2) is 4.79 Å². The lowest BCUT2D eigenvalue weighted by atomic mass is 9.43. The van der Waals surface area contributed by atoms with Gasteiger partial charge in [-0.1, -0.05) is 32.8 Å². The molecule has 2 fully saturated rings. The third-order valence-corrected chi connectivity index (χ3v) is 7.60. The molecule has 2 saturated carbocycles. The Morgan fingerprint density at radius 1 is 1.22 bits per heavy atom. The summed E-state index contributed by atoms with van der Waals surface area (Å²) in [4.78, 5) is 10.9. The Hall–Kier alpha value is -0.830. The molecule has 3 heteroatoms. The summed E-state index contributed by atoms with van der Waals surface area (Å²) >= 11 is 0. The molecule has 2 aliphatic rings. The number of hydrogen-bond donors (Lipinski definition) is 2. The Kier molecular flexibility index (Phi) is 5.02. The van der Waals surface area contributed by atoms with Gasteiger partial charge in [0.2, 0.25) is 0 Å². The monoisotopic (exact) mass is 322 g/mol. The Bertz CT molecular complexity index is 493. The molecule has 1 unspecified atom stereocenters. The average molecular weight is 322 g/mol. The van der Waals surface area contributed by atoms with Gasteiger partial charge in [0.05, 0.1) is 5.60 Å². The predicted octanol–water partition coefficient (Wildman–Crippen LogP) is 4.79. The van der Waals surface area contributed by atoms with Crippen molar-refractivity contribution in [3.8, 4) is 0 Å². The minimum atomic E-state index is -0.852. The van der Waals surface area contributed by atoms with E-state index in [1.807, 2.05) is 13.8 Å². The Morgan fingerprint density at radius 3 is 2.48 bits per heavy atom. The number of fused-ring (bicyclic) bond motifs is 1. The maximum atomic E-state index is 11.1. The predicted molar refractivity (Wildman–Crippen MR) is 93.2 cm³/mol. The first-order valence-corrected chi connectivity index (χ1v) is 9.15. The summed E-state index contributed by atoms with van der Waals surface area (Å²) < 4.78 is 0. The number of carbonyl (C=O) groups is 1. The zero-order valence-corrected chi connectivity index (χ0v) is 15.5. The average Bonchev–Trinajstić information content (AvgIpc) is 2.43. The lowest BCUT2D eigenvalue weighted by molar-refractivity contribution is -0.192. The number of allylic oxidation sites excluding steroid dienone is 1. The quantitative estimate of drug-likeness (QED) is 0.732. The van der Waals surface area contributed by atoms with Gasteiger partial charge in [-0.3, -0.25) is 0 Å². The highest BCUT2D eigenvalue weighted by atomic mass is 16.4. The first-order chi connectivity index (χ1) is 10.5. The van der Waals surface area contributed by atoms with Crippen LogP contribution in [0.4, 0.5) is 0 Å². The minimum absolute atomic E-state index is 0.0169. The standard InChI is InChI=1S/C20H34O3/c1-14(13-17(21)22)8-11-18(3)15(2)9-12-19(4)16(18)7-6-10-20(19,5)23/h13,15-16,23H,6-12H2,1-5H3,(H,21,22)/t15-,16+,18+,19-,20?/m1/s1. The van der Waals surface area contributed by atoms with E-state index < -0.39 is 11.6 Å². The van der Waals surface area contributed by atoms with Gasteiger partial charge in [0.25, 0.3) is 0 Å². The Balaban J connectivity index is 2.25. The lowest BCUT2D eigenvalue weighted by Gasteiger charge is -2.63. The fraction of sp³-hybridized carbons (Fsp3) is 0.850. The molecule has 0 aliphatic heterocycles. The van der Waals surface area contributed by atoms with Gasteiger partial charge in [0.15, 0.2) is 0 Å². The van der Waals surface area contributed by atoms with Crippen molar-refractivity contribution in [1.29, 1.82) is 0 Å². The summed E-state index contributed by atoms with van der Waals surface area (Å²) in [6.07, 6.45) is 8.64. The molecule has 0 aromatic heterocycles. The van der Waals surface area contributed by atoms with Gasteiger partial charge in [-0.2, -0.15) is 0 Å². The minimum Gasteiger partial charge on any atom is -0.478 e. The summed E-state index contributed by atoms with van der Waals surface area (Å²) in [7, 11) is 0. The van der Waals surface area contributed by atoms with E-state index in [-0.39, 0.29) is 10.8 Å². The van der Waals surface area contributed by atoms with Crippen LogP contribution in [0.25, 0.3) is 0 Å². The van der Waals surface area contributed by atoms with Crippen molar-refractivity contribution >= 4 is 5.97 Å². The molecule has 0 radical (unpaired) electrons. The highest BCUT2D eigenvalue weighted by Crippen LogP contribution is 2.64. The van der Waals surface area contributed by atoms with Crippen LogP contribution >= 0.6 is 0 Å². The van der Waals surface area contributed by atoms with Crippen molar-refractivity contribution in [3.63, 3.8) is 0 Å². The van der Waals surface area contributed by atoms with E-state index in [1.54, 1.807) is 0 Å². The first-order valence-electron chi connectivity index (χ1n) is 9.15. The molecule has 0 aromatic rings. The molecule has 2 N–H and O–H groups in total. The molecule has 0 amide bonds. The van der Waals surface area contributed by atoms with Crippen LogP contribution in [0.3, 0.4) is 0 Å². The molecule has 0 bridgehead atoms. The zero-order chi connectivity index (χ0) is 17.5. The van der Waals surface area contributed by atoms with E-state index in [1.165, 1.54) is 12.5 Å². The van der Waals surface area contributed by atoms with Crippen LogP contribution in [0, 0.1) is 22.7 Å². The second-order valence-electron chi connectivity index (χ2n) is 8.91. The van der Waals surface area contributed by atoms with Crippen molar-refractivity contribution < 1.29 is 15.0 Å². The van der Waals surface area contributed by atoms with Crippen molar-refractivity contribution in [2.45, 2.75) is 85.2 Å². The normalized spacial score (nSPS) is 44.7. The summed E-state index contributed by atoms with van der Waals surface area (Å²) in [5, 5.41) is 20.0. The summed E-state index contributed by atoms with van der Waals surface area (Å²) in [6, 6.07) is 0. The van der Waals surface area contributed by atoms with Gasteiger partial charge in [0.1, 0.15) is 0 Å². The highest BCUT2D eigenvalue weighted by Gasteiger charge is 2.59. The van der Waals surface area contributed by atoms with Crippen molar-refractivity contribution in [1.82, 2.24) is 0 Å². The van der Waals surface area contributed by atoms with Crippen LogP contribution in [-0.2, 0) is 4.79 Å². The van der Waals surface area contributed by atoms with E-state index in [2.05, 4.69) is 20.8 Å². The number of aliphatic hydroxyl groups is 1. The topological polar surface area (TPSA) is 57.5 Å². The van der Waals surface area contributed by atoms with Crippen LogP contribution < -0.4 is 0 Å². The van der Waals surface area contributed by atoms with Gasteiger partial charge < -0.3 is 10.2 Å². The molecule has 0 aromatic carbocycles. The molecular formula is C20H34O3. The SMILES string of the molecule is CC(=CC(=O)O)CC[C@@]1(C)[C@H](C)CC[C@]2(C)[C@H]1CCCC2(C)O. The fourth-order valence-electron chi connectivity index (χ4n) is 5.49. The molecular weight excluding hydrogens is 288 g/mol. The number of carboxylic acid groups (broad SMARTS) is 1.